The van der Waals surface area contributed by atoms with Crippen LogP contribution in [0.1, 0.15) is 21.5 Å². The topological polar surface area (TPSA) is 43.4 Å². The summed E-state index contributed by atoms with van der Waals surface area (Å²) in [6.07, 6.45) is 0.945. The van der Waals surface area contributed by atoms with Crippen LogP contribution >= 0.6 is 15.9 Å². The summed E-state index contributed by atoms with van der Waals surface area (Å²) >= 11 is 3.34. The SMILES string of the molecule is COC(=O)Cc1cc(C=O)c(C)cc1Br. The molecule has 0 bridgehead atoms. The minimum atomic E-state index is -0.323. The first-order valence-corrected chi connectivity index (χ1v) is 5.18. The molecule has 15 heavy (non-hydrogen) atoms. The number of ether oxygens (including phenoxy) is 1. The Morgan fingerprint density at radius 3 is 2.73 bits per heavy atom. The first kappa shape index (κ1) is 11.9. The van der Waals surface area contributed by atoms with E-state index in [9.17, 15) is 9.59 Å². The molecule has 0 aliphatic carbocycles. The third-order valence-electron chi connectivity index (χ3n) is 2.12. The van der Waals surface area contributed by atoms with Crippen LogP contribution in [0.3, 0.4) is 0 Å². The van der Waals surface area contributed by atoms with Crippen LogP contribution in [0.2, 0.25) is 0 Å². The van der Waals surface area contributed by atoms with Crippen molar-refractivity contribution in [2.24, 2.45) is 0 Å². The second kappa shape index (κ2) is 5.07. The standard InChI is InChI=1S/C11H11BrO3/c1-7-3-10(12)8(4-9(7)6-13)5-11(14)15-2/h3-4,6H,5H2,1-2H3. The van der Waals surface area contributed by atoms with Crippen LogP contribution in [0, 0.1) is 6.92 Å². The fourth-order valence-corrected chi connectivity index (χ4v) is 1.82. The second-order valence-corrected chi connectivity index (χ2v) is 4.03. The van der Waals surface area contributed by atoms with Crippen molar-refractivity contribution < 1.29 is 14.3 Å². The first-order valence-electron chi connectivity index (χ1n) is 4.39. The highest BCUT2D eigenvalue weighted by Crippen LogP contribution is 2.21. The lowest BCUT2D eigenvalue weighted by Gasteiger charge is -2.06. The highest BCUT2D eigenvalue weighted by molar-refractivity contribution is 9.10. The van der Waals surface area contributed by atoms with E-state index in [2.05, 4.69) is 20.7 Å². The van der Waals surface area contributed by atoms with Gasteiger partial charge in [0.25, 0.3) is 0 Å². The number of carbonyl (C=O) groups is 2. The molecule has 0 aromatic heterocycles. The molecule has 0 fully saturated rings. The zero-order valence-electron chi connectivity index (χ0n) is 8.54. The quantitative estimate of drug-likeness (QED) is 0.625. The largest absolute Gasteiger partial charge is 0.469 e. The Hall–Kier alpha value is -1.16. The Morgan fingerprint density at radius 1 is 1.53 bits per heavy atom. The molecule has 0 heterocycles. The molecule has 80 valence electrons. The molecule has 0 aliphatic heterocycles. The summed E-state index contributed by atoms with van der Waals surface area (Å²) in [6, 6.07) is 3.52. The third-order valence-corrected chi connectivity index (χ3v) is 2.86. The minimum Gasteiger partial charge on any atom is -0.469 e. The Bertz CT molecular complexity index is 399. The van der Waals surface area contributed by atoms with Crippen molar-refractivity contribution in [3.05, 3.63) is 33.3 Å². The van der Waals surface area contributed by atoms with E-state index >= 15 is 0 Å². The van der Waals surface area contributed by atoms with E-state index in [0.717, 1.165) is 21.9 Å². The molecule has 0 spiro atoms. The zero-order valence-corrected chi connectivity index (χ0v) is 10.1. The Morgan fingerprint density at radius 2 is 2.20 bits per heavy atom. The van der Waals surface area contributed by atoms with Gasteiger partial charge in [0.05, 0.1) is 13.5 Å². The lowest BCUT2D eigenvalue weighted by Crippen LogP contribution is -2.06. The lowest BCUT2D eigenvalue weighted by atomic mass is 10.0. The van der Waals surface area contributed by atoms with Gasteiger partial charge >= 0.3 is 5.97 Å². The predicted octanol–water partition coefficient (Wildman–Crippen LogP) is 2.29. The molecular weight excluding hydrogens is 260 g/mol. The fraction of sp³-hybridized carbons (Fsp3) is 0.273. The van der Waals surface area contributed by atoms with Gasteiger partial charge in [0.2, 0.25) is 0 Å². The van der Waals surface area contributed by atoms with Gasteiger partial charge in [-0.1, -0.05) is 15.9 Å². The number of halogens is 1. The Balaban J connectivity index is 3.07. The number of carbonyl (C=O) groups excluding carboxylic acids is 2. The number of benzene rings is 1. The molecule has 0 aliphatic rings. The third kappa shape index (κ3) is 2.89. The first-order chi connectivity index (χ1) is 7.08. The van der Waals surface area contributed by atoms with Crippen LogP contribution in [0.4, 0.5) is 0 Å². The molecule has 3 nitrogen and oxygen atoms in total. The van der Waals surface area contributed by atoms with Gasteiger partial charge in [-0.15, -0.1) is 0 Å². The van der Waals surface area contributed by atoms with Crippen molar-refractivity contribution >= 4 is 28.2 Å². The number of methoxy groups -OCH3 is 1. The van der Waals surface area contributed by atoms with Crippen molar-refractivity contribution in [3.63, 3.8) is 0 Å². The number of hydrogen-bond donors (Lipinski definition) is 0. The van der Waals surface area contributed by atoms with E-state index in [0.29, 0.717) is 5.56 Å². The van der Waals surface area contributed by atoms with E-state index < -0.39 is 0 Å². The minimum absolute atomic E-state index is 0.165. The normalized spacial score (nSPS) is 9.80. The predicted molar refractivity (Wildman–Crippen MR) is 60.0 cm³/mol. The van der Waals surface area contributed by atoms with Crippen molar-refractivity contribution in [3.8, 4) is 0 Å². The summed E-state index contributed by atoms with van der Waals surface area (Å²) in [5.41, 5.74) is 2.23. The molecule has 0 atom stereocenters. The average molecular weight is 271 g/mol. The maximum absolute atomic E-state index is 11.1. The molecule has 1 aromatic carbocycles. The second-order valence-electron chi connectivity index (χ2n) is 3.17. The number of rotatable bonds is 3. The van der Waals surface area contributed by atoms with Crippen molar-refractivity contribution in [1.29, 1.82) is 0 Å². The zero-order chi connectivity index (χ0) is 11.4. The average Bonchev–Trinajstić information content (AvgIpc) is 2.21. The van der Waals surface area contributed by atoms with E-state index in [1.165, 1.54) is 7.11 Å². The van der Waals surface area contributed by atoms with Crippen molar-refractivity contribution in [2.45, 2.75) is 13.3 Å². The van der Waals surface area contributed by atoms with Crippen LogP contribution in [0.25, 0.3) is 0 Å². The molecular formula is C11H11BrO3. The number of aldehydes is 1. The summed E-state index contributed by atoms with van der Waals surface area (Å²) in [5.74, 6) is -0.323. The Kier molecular flexibility index (Phi) is 4.03. The molecule has 1 rings (SSSR count). The summed E-state index contributed by atoms with van der Waals surface area (Å²) in [4.78, 5) is 21.8. The summed E-state index contributed by atoms with van der Waals surface area (Å²) in [7, 11) is 1.34. The van der Waals surface area contributed by atoms with Crippen LogP contribution < -0.4 is 0 Å². The molecule has 0 unspecified atom stereocenters. The lowest BCUT2D eigenvalue weighted by molar-refractivity contribution is -0.139. The van der Waals surface area contributed by atoms with Crippen LogP contribution in [0.15, 0.2) is 16.6 Å². The molecule has 0 N–H and O–H groups in total. The molecule has 1 aromatic rings. The van der Waals surface area contributed by atoms with Crippen LogP contribution in [-0.4, -0.2) is 19.4 Å². The van der Waals surface area contributed by atoms with Gasteiger partial charge in [0.15, 0.2) is 0 Å². The van der Waals surface area contributed by atoms with E-state index in [1.54, 1.807) is 6.07 Å². The van der Waals surface area contributed by atoms with Gasteiger partial charge < -0.3 is 4.74 Å². The highest BCUT2D eigenvalue weighted by atomic mass is 79.9. The molecule has 0 radical (unpaired) electrons. The molecule has 0 saturated heterocycles. The maximum Gasteiger partial charge on any atom is 0.310 e. The van der Waals surface area contributed by atoms with Crippen molar-refractivity contribution in [1.82, 2.24) is 0 Å². The summed E-state index contributed by atoms with van der Waals surface area (Å²) < 4.78 is 5.38. The number of aryl methyl sites for hydroxylation is 1. The smallest absolute Gasteiger partial charge is 0.310 e. The summed E-state index contributed by atoms with van der Waals surface area (Å²) in [6.45, 7) is 1.84. The maximum atomic E-state index is 11.1. The molecule has 0 saturated carbocycles. The highest BCUT2D eigenvalue weighted by Gasteiger charge is 2.09. The van der Waals surface area contributed by atoms with Gasteiger partial charge in [-0.2, -0.15) is 0 Å². The van der Waals surface area contributed by atoms with E-state index in [1.807, 2.05) is 13.0 Å². The number of hydrogen-bond acceptors (Lipinski definition) is 3. The molecule has 4 heteroatoms. The summed E-state index contributed by atoms with van der Waals surface area (Å²) in [5, 5.41) is 0. The van der Waals surface area contributed by atoms with E-state index in [-0.39, 0.29) is 12.4 Å². The molecule has 0 amide bonds. The fourth-order valence-electron chi connectivity index (χ4n) is 1.23. The monoisotopic (exact) mass is 270 g/mol. The van der Waals surface area contributed by atoms with Gasteiger partial charge in [-0.3, -0.25) is 9.59 Å². The van der Waals surface area contributed by atoms with Gasteiger partial charge in [-0.05, 0) is 30.2 Å². The van der Waals surface area contributed by atoms with Crippen LogP contribution in [0.5, 0.6) is 0 Å². The van der Waals surface area contributed by atoms with Crippen molar-refractivity contribution in [2.75, 3.05) is 7.11 Å². The van der Waals surface area contributed by atoms with Crippen LogP contribution in [-0.2, 0) is 16.0 Å². The van der Waals surface area contributed by atoms with Gasteiger partial charge in [-0.25, -0.2) is 0 Å². The van der Waals surface area contributed by atoms with E-state index in [4.69, 9.17) is 0 Å². The Labute approximate surface area is 96.6 Å². The number of esters is 1. The van der Waals surface area contributed by atoms with Gasteiger partial charge in [0.1, 0.15) is 6.29 Å². The van der Waals surface area contributed by atoms with Gasteiger partial charge in [0, 0.05) is 10.0 Å².